The quantitative estimate of drug-likeness (QED) is 0.606. The van der Waals surface area contributed by atoms with Crippen molar-refractivity contribution in [2.75, 3.05) is 46.8 Å². The van der Waals surface area contributed by atoms with Gasteiger partial charge in [0.25, 0.3) is 0 Å². The summed E-state index contributed by atoms with van der Waals surface area (Å²) < 4.78 is 0. The van der Waals surface area contributed by atoms with Crippen molar-refractivity contribution < 1.29 is 14.4 Å². The molecule has 2 heterocycles. The van der Waals surface area contributed by atoms with Gasteiger partial charge in [-0.1, -0.05) is 0 Å². The molecule has 2 fully saturated rings. The lowest BCUT2D eigenvalue weighted by atomic mass is 10.2. The Labute approximate surface area is 112 Å². The molecule has 0 aromatic carbocycles. The van der Waals surface area contributed by atoms with Gasteiger partial charge < -0.3 is 9.80 Å². The number of hydrogen-bond donors (Lipinski definition) is 1. The van der Waals surface area contributed by atoms with E-state index < -0.39 is 6.04 Å². The van der Waals surface area contributed by atoms with Crippen molar-refractivity contribution in [3.8, 4) is 0 Å². The molecule has 2 rings (SSSR count). The summed E-state index contributed by atoms with van der Waals surface area (Å²) >= 11 is 0. The second-order valence-corrected chi connectivity index (χ2v) is 5.11. The summed E-state index contributed by atoms with van der Waals surface area (Å²) in [7, 11) is 3.49. The molecule has 0 saturated carbocycles. The molecule has 0 bridgehead atoms. The number of carbonyl (C=O) groups excluding carboxylic acids is 3. The zero-order valence-corrected chi connectivity index (χ0v) is 11.4. The zero-order chi connectivity index (χ0) is 14.0. The lowest BCUT2D eigenvalue weighted by Gasteiger charge is -2.32. The van der Waals surface area contributed by atoms with Crippen molar-refractivity contribution in [1.82, 2.24) is 20.0 Å². The Bertz CT molecular complexity index is 390. The Morgan fingerprint density at radius 2 is 1.84 bits per heavy atom. The van der Waals surface area contributed by atoms with Crippen molar-refractivity contribution in [1.29, 1.82) is 0 Å². The number of hydrogen-bond acceptors (Lipinski definition) is 5. The lowest BCUT2D eigenvalue weighted by molar-refractivity contribution is -0.137. The molecule has 0 radical (unpaired) electrons. The molecule has 0 aromatic heterocycles. The third-order valence-corrected chi connectivity index (χ3v) is 3.74. The fourth-order valence-electron chi connectivity index (χ4n) is 2.29. The second-order valence-electron chi connectivity index (χ2n) is 5.11. The Morgan fingerprint density at radius 3 is 2.37 bits per heavy atom. The Balaban J connectivity index is 1.78. The summed E-state index contributed by atoms with van der Waals surface area (Å²) in [5.41, 5.74) is 0. The summed E-state index contributed by atoms with van der Waals surface area (Å²) in [5.74, 6) is -0.464. The van der Waals surface area contributed by atoms with Crippen LogP contribution >= 0.6 is 0 Å². The fraction of sp³-hybridized carbons (Fsp3) is 0.750. The van der Waals surface area contributed by atoms with Gasteiger partial charge >= 0.3 is 0 Å². The molecule has 7 nitrogen and oxygen atoms in total. The first-order chi connectivity index (χ1) is 8.99. The van der Waals surface area contributed by atoms with Crippen molar-refractivity contribution in [3.63, 3.8) is 0 Å². The van der Waals surface area contributed by atoms with E-state index in [9.17, 15) is 14.4 Å². The number of likely N-dealkylation sites (tertiary alicyclic amines) is 1. The van der Waals surface area contributed by atoms with E-state index >= 15 is 0 Å². The predicted octanol–water partition coefficient (Wildman–Crippen LogP) is -1.89. The van der Waals surface area contributed by atoms with Crippen LogP contribution in [0, 0.1) is 0 Å². The maximum atomic E-state index is 12.0. The van der Waals surface area contributed by atoms with E-state index in [1.807, 2.05) is 7.05 Å². The number of piperazine rings is 1. The highest BCUT2D eigenvalue weighted by atomic mass is 16.2. The molecule has 3 amide bonds. The Hall–Kier alpha value is -1.47. The van der Waals surface area contributed by atoms with Crippen LogP contribution in [0.25, 0.3) is 0 Å². The van der Waals surface area contributed by atoms with E-state index in [1.54, 1.807) is 4.90 Å². The average Bonchev–Trinajstić information content (AvgIpc) is 2.64. The summed E-state index contributed by atoms with van der Waals surface area (Å²) in [6.45, 7) is 3.29. The van der Waals surface area contributed by atoms with Gasteiger partial charge in [-0.05, 0) is 7.05 Å². The van der Waals surface area contributed by atoms with Gasteiger partial charge in [-0.25, -0.2) is 0 Å². The topological polar surface area (TPSA) is 73.0 Å². The van der Waals surface area contributed by atoms with Gasteiger partial charge in [0.2, 0.25) is 17.7 Å². The fourth-order valence-corrected chi connectivity index (χ4v) is 2.29. The Morgan fingerprint density at radius 1 is 1.21 bits per heavy atom. The standard InChI is InChI=1S/C12H20N4O3/c1-14-3-5-16(6-4-14)11(18)8-13-9-7-10(17)15(2)12(9)19/h9,13H,3-8H2,1-2H3. The van der Waals surface area contributed by atoms with Gasteiger partial charge in [0.05, 0.1) is 19.0 Å². The molecule has 2 aliphatic rings. The van der Waals surface area contributed by atoms with Crippen molar-refractivity contribution >= 4 is 17.7 Å². The van der Waals surface area contributed by atoms with E-state index in [1.165, 1.54) is 7.05 Å². The number of carbonyl (C=O) groups is 3. The van der Waals surface area contributed by atoms with Crippen molar-refractivity contribution in [3.05, 3.63) is 0 Å². The molecule has 0 aliphatic carbocycles. The van der Waals surface area contributed by atoms with Gasteiger partial charge in [0.15, 0.2) is 0 Å². The van der Waals surface area contributed by atoms with E-state index in [0.717, 1.165) is 18.0 Å². The third-order valence-electron chi connectivity index (χ3n) is 3.74. The van der Waals surface area contributed by atoms with Gasteiger partial charge in [0, 0.05) is 33.2 Å². The third kappa shape index (κ3) is 3.10. The second kappa shape index (κ2) is 5.66. The van der Waals surface area contributed by atoms with Crippen LogP contribution in [0.5, 0.6) is 0 Å². The van der Waals surface area contributed by atoms with Crippen LogP contribution in [-0.4, -0.2) is 85.3 Å². The van der Waals surface area contributed by atoms with Crippen LogP contribution in [0.15, 0.2) is 0 Å². The number of rotatable bonds is 3. The van der Waals surface area contributed by atoms with Crippen molar-refractivity contribution in [2.24, 2.45) is 0 Å². The number of imide groups is 1. The van der Waals surface area contributed by atoms with E-state index in [-0.39, 0.29) is 30.7 Å². The first-order valence-corrected chi connectivity index (χ1v) is 6.49. The predicted molar refractivity (Wildman–Crippen MR) is 68.3 cm³/mol. The molecule has 0 aromatic rings. The number of amides is 3. The van der Waals surface area contributed by atoms with Gasteiger partial charge in [0.1, 0.15) is 0 Å². The smallest absolute Gasteiger partial charge is 0.246 e. The molecular formula is C12H20N4O3. The molecule has 2 saturated heterocycles. The normalized spacial score (nSPS) is 25.3. The molecule has 0 spiro atoms. The lowest BCUT2D eigenvalue weighted by Crippen LogP contribution is -2.51. The van der Waals surface area contributed by atoms with Gasteiger partial charge in [-0.15, -0.1) is 0 Å². The molecule has 1 unspecified atom stereocenters. The number of likely N-dealkylation sites (N-methyl/N-ethyl adjacent to an activating group) is 2. The van der Waals surface area contributed by atoms with E-state index in [4.69, 9.17) is 0 Å². The van der Waals surface area contributed by atoms with Crippen LogP contribution in [0.2, 0.25) is 0 Å². The molecule has 1 N–H and O–H groups in total. The summed E-state index contributed by atoms with van der Waals surface area (Å²) in [5, 5.41) is 2.88. The maximum Gasteiger partial charge on any atom is 0.246 e. The maximum absolute atomic E-state index is 12.0. The molecular weight excluding hydrogens is 248 g/mol. The highest BCUT2D eigenvalue weighted by Crippen LogP contribution is 2.10. The summed E-state index contributed by atoms with van der Waals surface area (Å²) in [6, 6.07) is -0.547. The first-order valence-electron chi connectivity index (χ1n) is 6.49. The van der Waals surface area contributed by atoms with Crippen LogP contribution in [0.3, 0.4) is 0 Å². The van der Waals surface area contributed by atoms with Crippen LogP contribution in [0.1, 0.15) is 6.42 Å². The Kier molecular flexibility index (Phi) is 4.16. The summed E-state index contributed by atoms with van der Waals surface area (Å²) in [4.78, 5) is 40.0. The minimum Gasteiger partial charge on any atom is -0.339 e. The molecule has 2 aliphatic heterocycles. The van der Waals surface area contributed by atoms with Gasteiger partial charge in [-0.2, -0.15) is 0 Å². The highest BCUT2D eigenvalue weighted by molar-refractivity contribution is 6.05. The summed E-state index contributed by atoms with van der Waals surface area (Å²) in [6.07, 6.45) is 0.144. The van der Waals surface area contributed by atoms with E-state index in [0.29, 0.717) is 13.1 Å². The van der Waals surface area contributed by atoms with Crippen LogP contribution < -0.4 is 5.32 Å². The van der Waals surface area contributed by atoms with Gasteiger partial charge in [-0.3, -0.25) is 24.6 Å². The molecule has 7 heteroatoms. The van der Waals surface area contributed by atoms with Crippen LogP contribution in [0.4, 0.5) is 0 Å². The SMILES string of the molecule is CN1CCN(C(=O)CNC2CC(=O)N(C)C2=O)CC1. The van der Waals surface area contributed by atoms with E-state index in [2.05, 4.69) is 10.2 Å². The zero-order valence-electron chi connectivity index (χ0n) is 11.4. The first kappa shape index (κ1) is 14.0. The van der Waals surface area contributed by atoms with Crippen molar-refractivity contribution in [2.45, 2.75) is 12.5 Å². The average molecular weight is 268 g/mol. The largest absolute Gasteiger partial charge is 0.339 e. The minimum atomic E-state index is -0.547. The number of nitrogens with one attached hydrogen (secondary N) is 1. The van der Waals surface area contributed by atoms with Crippen LogP contribution in [-0.2, 0) is 14.4 Å². The minimum absolute atomic E-state index is 0.0112. The molecule has 1 atom stereocenters. The number of nitrogens with zero attached hydrogens (tertiary/aromatic N) is 3. The highest BCUT2D eigenvalue weighted by Gasteiger charge is 2.36. The molecule has 19 heavy (non-hydrogen) atoms. The monoisotopic (exact) mass is 268 g/mol. The molecule has 106 valence electrons.